The summed E-state index contributed by atoms with van der Waals surface area (Å²) >= 11 is 0. The number of pyridine rings is 1. The number of ether oxygens (including phenoxy) is 1. The Morgan fingerprint density at radius 1 is 1.08 bits per heavy atom. The number of halogens is 4. The van der Waals surface area contributed by atoms with Crippen molar-refractivity contribution in [3.8, 4) is 11.1 Å². The fourth-order valence-corrected chi connectivity index (χ4v) is 3.25. The molecule has 4 nitrogen and oxygen atoms in total. The lowest BCUT2D eigenvalue weighted by Gasteiger charge is -2.28. The first-order chi connectivity index (χ1) is 12.4. The molecule has 0 unspecified atom stereocenters. The lowest BCUT2D eigenvalue weighted by Crippen LogP contribution is -2.37. The first-order valence-electron chi connectivity index (χ1n) is 8.16. The molecule has 136 valence electrons. The van der Waals surface area contributed by atoms with E-state index in [1.165, 1.54) is 18.5 Å². The van der Waals surface area contributed by atoms with Crippen molar-refractivity contribution in [2.75, 3.05) is 31.2 Å². The zero-order chi connectivity index (χ0) is 18.3. The van der Waals surface area contributed by atoms with E-state index < -0.39 is 17.6 Å². The lowest BCUT2D eigenvalue weighted by molar-refractivity contribution is -0.137. The number of nitrogens with zero attached hydrogens (tertiary/aromatic N) is 3. The predicted molar refractivity (Wildman–Crippen MR) is 89.0 cm³/mol. The summed E-state index contributed by atoms with van der Waals surface area (Å²) in [5.41, 5.74) is 0.443. The molecule has 8 heteroatoms. The molecule has 0 spiro atoms. The number of aromatic nitrogens is 1. The number of aliphatic imine (C=N–C) groups is 1. The molecule has 4 rings (SSSR count). The van der Waals surface area contributed by atoms with Gasteiger partial charge in [0.2, 0.25) is 0 Å². The van der Waals surface area contributed by atoms with Crippen LogP contribution in [0.2, 0.25) is 0 Å². The largest absolute Gasteiger partial charge is 0.416 e. The third-order valence-corrected chi connectivity index (χ3v) is 4.55. The van der Waals surface area contributed by atoms with E-state index in [0.717, 1.165) is 12.1 Å². The van der Waals surface area contributed by atoms with Crippen LogP contribution in [0.4, 0.5) is 23.4 Å². The molecular formula is C18H15F4N3O. The summed E-state index contributed by atoms with van der Waals surface area (Å²) in [4.78, 5) is 9.88. The van der Waals surface area contributed by atoms with E-state index in [9.17, 15) is 13.2 Å². The predicted octanol–water partition coefficient (Wildman–Crippen LogP) is 3.68. The number of morpholine rings is 1. The molecule has 0 atom stereocenters. The van der Waals surface area contributed by atoms with Gasteiger partial charge in [0.15, 0.2) is 11.6 Å². The van der Waals surface area contributed by atoms with Gasteiger partial charge in [0, 0.05) is 36.6 Å². The molecule has 3 heterocycles. The van der Waals surface area contributed by atoms with Crippen molar-refractivity contribution in [1.82, 2.24) is 4.98 Å². The molecule has 26 heavy (non-hydrogen) atoms. The standard InChI is InChI=1S/C18H15F4N3O/c19-16-13(1-2-24-17(16)25-3-5-26-6-4-25)14-8-12(18(20,21)22)7-11-9-23-10-15(11)14/h1-2,7-8,10H,3-6,9H2. The van der Waals surface area contributed by atoms with Gasteiger partial charge in [0.25, 0.3) is 0 Å². The summed E-state index contributed by atoms with van der Waals surface area (Å²) < 4.78 is 60.2. The molecule has 2 aromatic rings. The Morgan fingerprint density at radius 3 is 2.58 bits per heavy atom. The van der Waals surface area contributed by atoms with Gasteiger partial charge >= 0.3 is 6.18 Å². The molecule has 1 aromatic carbocycles. The number of alkyl halides is 3. The third kappa shape index (κ3) is 2.94. The van der Waals surface area contributed by atoms with E-state index in [4.69, 9.17) is 4.74 Å². The highest BCUT2D eigenvalue weighted by atomic mass is 19.4. The smallest absolute Gasteiger partial charge is 0.378 e. The van der Waals surface area contributed by atoms with Crippen LogP contribution in [-0.4, -0.2) is 37.5 Å². The summed E-state index contributed by atoms with van der Waals surface area (Å²) in [5.74, 6) is -0.497. The molecule has 2 aliphatic rings. The van der Waals surface area contributed by atoms with Crippen LogP contribution in [0.15, 0.2) is 29.4 Å². The molecule has 0 saturated carbocycles. The number of benzene rings is 1. The van der Waals surface area contributed by atoms with Gasteiger partial charge in [-0.25, -0.2) is 9.37 Å². The Balaban J connectivity index is 1.85. The molecule has 0 amide bonds. The molecule has 0 N–H and O–H groups in total. The zero-order valence-corrected chi connectivity index (χ0v) is 13.7. The number of hydrogen-bond acceptors (Lipinski definition) is 4. The van der Waals surface area contributed by atoms with Crippen LogP contribution >= 0.6 is 0 Å². The van der Waals surface area contributed by atoms with Gasteiger partial charge in [-0.3, -0.25) is 4.99 Å². The number of rotatable bonds is 2. The summed E-state index contributed by atoms with van der Waals surface area (Å²) in [6.45, 7) is 2.04. The Morgan fingerprint density at radius 2 is 1.85 bits per heavy atom. The Bertz CT molecular complexity index is 873. The Kier molecular flexibility index (Phi) is 4.14. The van der Waals surface area contributed by atoms with Gasteiger partial charge in [0.1, 0.15) is 0 Å². The number of anilines is 1. The summed E-state index contributed by atoms with van der Waals surface area (Å²) in [7, 11) is 0. The van der Waals surface area contributed by atoms with Crippen molar-refractivity contribution in [1.29, 1.82) is 0 Å². The monoisotopic (exact) mass is 365 g/mol. The van der Waals surface area contributed by atoms with E-state index >= 15 is 4.39 Å². The minimum absolute atomic E-state index is 0.0946. The first-order valence-corrected chi connectivity index (χ1v) is 8.16. The summed E-state index contributed by atoms with van der Waals surface area (Å²) in [5, 5.41) is 0. The van der Waals surface area contributed by atoms with Gasteiger partial charge < -0.3 is 9.64 Å². The maximum atomic E-state index is 15.2. The fourth-order valence-electron chi connectivity index (χ4n) is 3.25. The van der Waals surface area contributed by atoms with E-state index in [1.807, 2.05) is 0 Å². The Hall–Kier alpha value is -2.48. The summed E-state index contributed by atoms with van der Waals surface area (Å²) in [6.07, 6.45) is -1.59. The highest BCUT2D eigenvalue weighted by Gasteiger charge is 2.33. The molecule has 1 saturated heterocycles. The van der Waals surface area contributed by atoms with Crippen LogP contribution in [0.3, 0.4) is 0 Å². The molecule has 1 aromatic heterocycles. The second-order valence-electron chi connectivity index (χ2n) is 6.16. The molecule has 0 aliphatic carbocycles. The van der Waals surface area contributed by atoms with Crippen molar-refractivity contribution >= 4 is 12.0 Å². The molecular weight excluding hydrogens is 350 g/mol. The third-order valence-electron chi connectivity index (χ3n) is 4.55. The minimum atomic E-state index is -4.51. The highest BCUT2D eigenvalue weighted by Crippen LogP contribution is 2.38. The van der Waals surface area contributed by atoms with Gasteiger partial charge in [-0.1, -0.05) is 0 Å². The van der Waals surface area contributed by atoms with Gasteiger partial charge in [-0.15, -0.1) is 0 Å². The molecule has 0 bridgehead atoms. The summed E-state index contributed by atoms with van der Waals surface area (Å²) in [6, 6.07) is 3.46. The molecule has 1 fully saturated rings. The van der Waals surface area contributed by atoms with Crippen molar-refractivity contribution in [2.45, 2.75) is 12.7 Å². The van der Waals surface area contributed by atoms with Crippen LogP contribution in [0, 0.1) is 5.82 Å². The van der Waals surface area contributed by atoms with Gasteiger partial charge in [0.05, 0.1) is 25.3 Å². The second-order valence-corrected chi connectivity index (χ2v) is 6.16. The quantitative estimate of drug-likeness (QED) is 0.762. The minimum Gasteiger partial charge on any atom is -0.378 e. The number of hydrogen-bond donors (Lipinski definition) is 0. The topological polar surface area (TPSA) is 37.7 Å². The lowest BCUT2D eigenvalue weighted by atomic mass is 9.94. The van der Waals surface area contributed by atoms with Crippen LogP contribution in [0.25, 0.3) is 11.1 Å². The van der Waals surface area contributed by atoms with E-state index in [-0.39, 0.29) is 23.5 Å². The maximum absolute atomic E-state index is 15.2. The highest BCUT2D eigenvalue weighted by molar-refractivity contribution is 5.94. The second kappa shape index (κ2) is 6.35. The average Bonchev–Trinajstić information content (AvgIpc) is 3.10. The Labute approximate surface area is 147 Å². The normalized spacial score (nSPS) is 16.8. The van der Waals surface area contributed by atoms with Crippen molar-refractivity contribution in [3.05, 3.63) is 46.9 Å². The van der Waals surface area contributed by atoms with E-state index in [1.54, 1.807) is 4.90 Å². The van der Waals surface area contributed by atoms with Crippen molar-refractivity contribution < 1.29 is 22.3 Å². The first kappa shape index (κ1) is 17.0. The van der Waals surface area contributed by atoms with Gasteiger partial charge in [-0.05, 0) is 29.3 Å². The average molecular weight is 365 g/mol. The van der Waals surface area contributed by atoms with E-state index in [0.29, 0.717) is 37.4 Å². The zero-order valence-electron chi connectivity index (χ0n) is 13.7. The van der Waals surface area contributed by atoms with Crippen LogP contribution in [0.5, 0.6) is 0 Å². The molecule has 0 radical (unpaired) electrons. The van der Waals surface area contributed by atoms with Crippen molar-refractivity contribution in [2.24, 2.45) is 4.99 Å². The molecule has 2 aliphatic heterocycles. The van der Waals surface area contributed by atoms with Crippen LogP contribution < -0.4 is 4.90 Å². The van der Waals surface area contributed by atoms with E-state index in [2.05, 4.69) is 9.98 Å². The van der Waals surface area contributed by atoms with Crippen LogP contribution in [0.1, 0.15) is 16.7 Å². The van der Waals surface area contributed by atoms with Crippen molar-refractivity contribution in [3.63, 3.8) is 0 Å². The van der Waals surface area contributed by atoms with Crippen LogP contribution in [-0.2, 0) is 17.5 Å². The van der Waals surface area contributed by atoms with Gasteiger partial charge in [-0.2, -0.15) is 13.2 Å². The maximum Gasteiger partial charge on any atom is 0.416 e. The fraction of sp³-hybridized carbons (Fsp3) is 0.333. The SMILES string of the molecule is Fc1c(-c2cc(C(F)(F)F)cc3c2C=NC3)ccnc1N1CCOCC1. The number of fused-ring (bicyclic) bond motifs is 1.